The Morgan fingerprint density at radius 2 is 1.64 bits per heavy atom. The normalized spacial score (nSPS) is 10.4. The summed E-state index contributed by atoms with van der Waals surface area (Å²) in [6, 6.07) is 11.9. The molecule has 1 aromatic heterocycles. The van der Waals surface area contributed by atoms with Crippen molar-refractivity contribution in [2.24, 2.45) is 0 Å². The minimum Gasteiger partial charge on any atom is -0.493 e. The number of nitrogens with zero attached hydrogens (tertiary/aromatic N) is 1. The van der Waals surface area contributed by atoms with Crippen LogP contribution in [0.15, 0.2) is 42.5 Å². The van der Waals surface area contributed by atoms with Crippen LogP contribution in [0.2, 0.25) is 0 Å². The number of Topliss-reactive ketones (excluding diaryl/α,β-unsaturated/α-hetero) is 1. The standard InChI is InChI=1S/C21H19NO5S/c1-12-19(21(24)27-16-8-5-14(6-9-16)13(2)23)28-20(22-12)15-7-10-17(25-3)18(11-15)26-4/h5-11H,1-4H3. The van der Waals surface area contributed by atoms with Crippen LogP contribution in [-0.2, 0) is 0 Å². The fourth-order valence-corrected chi connectivity index (χ4v) is 3.53. The molecule has 144 valence electrons. The predicted octanol–water partition coefficient (Wildman–Crippen LogP) is 4.56. The monoisotopic (exact) mass is 397 g/mol. The summed E-state index contributed by atoms with van der Waals surface area (Å²) in [7, 11) is 3.14. The maximum atomic E-state index is 12.6. The van der Waals surface area contributed by atoms with Crippen LogP contribution in [-0.4, -0.2) is 31.0 Å². The number of esters is 1. The Morgan fingerprint density at radius 1 is 0.964 bits per heavy atom. The van der Waals surface area contributed by atoms with Crippen molar-refractivity contribution in [1.29, 1.82) is 0 Å². The highest BCUT2D eigenvalue weighted by Crippen LogP contribution is 2.35. The number of ether oxygens (including phenoxy) is 3. The van der Waals surface area contributed by atoms with Crippen LogP contribution >= 0.6 is 11.3 Å². The predicted molar refractivity (Wildman–Crippen MR) is 107 cm³/mol. The van der Waals surface area contributed by atoms with E-state index in [1.807, 2.05) is 12.1 Å². The molecule has 3 aromatic rings. The lowest BCUT2D eigenvalue weighted by Gasteiger charge is -2.08. The Morgan fingerprint density at radius 3 is 2.25 bits per heavy atom. The second-order valence-electron chi connectivity index (χ2n) is 5.97. The lowest BCUT2D eigenvalue weighted by molar-refractivity contribution is 0.0739. The smallest absolute Gasteiger partial charge is 0.355 e. The van der Waals surface area contributed by atoms with Gasteiger partial charge in [0.2, 0.25) is 0 Å². The number of ketones is 1. The first-order chi connectivity index (χ1) is 13.4. The van der Waals surface area contributed by atoms with Crippen LogP contribution in [0.4, 0.5) is 0 Å². The van der Waals surface area contributed by atoms with Crippen molar-refractivity contribution in [3.05, 3.63) is 58.6 Å². The average Bonchev–Trinajstić information content (AvgIpc) is 3.09. The van der Waals surface area contributed by atoms with Crippen LogP contribution in [0.25, 0.3) is 10.6 Å². The zero-order valence-electron chi connectivity index (χ0n) is 15.9. The molecule has 2 aromatic carbocycles. The van der Waals surface area contributed by atoms with E-state index in [1.165, 1.54) is 18.3 Å². The maximum Gasteiger partial charge on any atom is 0.355 e. The van der Waals surface area contributed by atoms with E-state index in [0.717, 1.165) is 5.56 Å². The summed E-state index contributed by atoms with van der Waals surface area (Å²) in [5, 5.41) is 0.678. The fourth-order valence-electron chi connectivity index (χ4n) is 2.59. The summed E-state index contributed by atoms with van der Waals surface area (Å²) in [4.78, 5) is 28.8. The molecule has 0 bridgehead atoms. The molecule has 0 saturated carbocycles. The number of benzene rings is 2. The van der Waals surface area contributed by atoms with Gasteiger partial charge in [0.1, 0.15) is 15.6 Å². The SMILES string of the molecule is COc1ccc(-c2nc(C)c(C(=O)Oc3ccc(C(C)=O)cc3)s2)cc1OC. The van der Waals surface area contributed by atoms with Crippen LogP contribution in [0.3, 0.4) is 0 Å². The van der Waals surface area contributed by atoms with Crippen LogP contribution < -0.4 is 14.2 Å². The molecule has 0 unspecified atom stereocenters. The van der Waals surface area contributed by atoms with Gasteiger partial charge in [0, 0.05) is 11.1 Å². The zero-order chi connectivity index (χ0) is 20.3. The van der Waals surface area contributed by atoms with Crippen molar-refractivity contribution in [3.8, 4) is 27.8 Å². The third kappa shape index (κ3) is 4.04. The first kappa shape index (κ1) is 19.6. The van der Waals surface area contributed by atoms with E-state index in [0.29, 0.717) is 38.4 Å². The highest BCUT2D eigenvalue weighted by atomic mass is 32.1. The van der Waals surface area contributed by atoms with Gasteiger partial charge in [-0.1, -0.05) is 0 Å². The van der Waals surface area contributed by atoms with Gasteiger partial charge < -0.3 is 14.2 Å². The first-order valence-electron chi connectivity index (χ1n) is 8.46. The maximum absolute atomic E-state index is 12.6. The Kier molecular flexibility index (Phi) is 5.75. The number of thiazole rings is 1. The van der Waals surface area contributed by atoms with Gasteiger partial charge in [-0.05, 0) is 56.3 Å². The van der Waals surface area contributed by atoms with Crippen molar-refractivity contribution in [3.63, 3.8) is 0 Å². The van der Waals surface area contributed by atoms with Gasteiger partial charge in [0.15, 0.2) is 17.3 Å². The van der Waals surface area contributed by atoms with Gasteiger partial charge in [0.25, 0.3) is 0 Å². The zero-order valence-corrected chi connectivity index (χ0v) is 16.8. The Bertz CT molecular complexity index is 1020. The highest BCUT2D eigenvalue weighted by Gasteiger charge is 2.19. The molecule has 0 radical (unpaired) electrons. The van der Waals surface area contributed by atoms with E-state index in [4.69, 9.17) is 14.2 Å². The Labute approximate surface area is 166 Å². The Hall–Kier alpha value is -3.19. The number of carbonyl (C=O) groups excluding carboxylic acids is 2. The minimum atomic E-state index is -0.489. The first-order valence-corrected chi connectivity index (χ1v) is 9.27. The number of methoxy groups -OCH3 is 2. The molecule has 6 nitrogen and oxygen atoms in total. The van der Waals surface area contributed by atoms with Crippen molar-refractivity contribution in [1.82, 2.24) is 4.98 Å². The third-order valence-corrected chi connectivity index (χ3v) is 5.27. The van der Waals surface area contributed by atoms with Crippen LogP contribution in [0.1, 0.15) is 32.6 Å². The topological polar surface area (TPSA) is 74.7 Å². The molecule has 7 heteroatoms. The van der Waals surface area contributed by atoms with Gasteiger partial charge in [-0.25, -0.2) is 9.78 Å². The number of hydrogen-bond acceptors (Lipinski definition) is 7. The molecule has 0 spiro atoms. The molecule has 0 atom stereocenters. The molecule has 0 amide bonds. The third-order valence-electron chi connectivity index (χ3n) is 4.08. The molecular weight excluding hydrogens is 378 g/mol. The molecule has 3 rings (SSSR count). The van der Waals surface area contributed by atoms with Gasteiger partial charge in [-0.2, -0.15) is 0 Å². The lowest BCUT2D eigenvalue weighted by atomic mass is 10.1. The summed E-state index contributed by atoms with van der Waals surface area (Å²) in [6.45, 7) is 3.24. The highest BCUT2D eigenvalue weighted by molar-refractivity contribution is 7.17. The minimum absolute atomic E-state index is 0.0456. The van der Waals surface area contributed by atoms with E-state index in [-0.39, 0.29) is 5.78 Å². The molecule has 1 heterocycles. The number of rotatable bonds is 6. The van der Waals surface area contributed by atoms with E-state index >= 15 is 0 Å². The molecule has 0 aliphatic rings. The lowest BCUT2D eigenvalue weighted by Crippen LogP contribution is -2.08. The second-order valence-corrected chi connectivity index (χ2v) is 6.97. The second kappa shape index (κ2) is 8.22. The summed E-state index contributed by atoms with van der Waals surface area (Å²) in [6.07, 6.45) is 0. The Balaban J connectivity index is 1.83. The van der Waals surface area contributed by atoms with E-state index in [2.05, 4.69) is 4.98 Å². The average molecular weight is 397 g/mol. The molecule has 0 aliphatic carbocycles. The van der Waals surface area contributed by atoms with Crippen LogP contribution in [0.5, 0.6) is 17.2 Å². The van der Waals surface area contributed by atoms with E-state index in [9.17, 15) is 9.59 Å². The molecular formula is C21H19NO5S. The van der Waals surface area contributed by atoms with E-state index < -0.39 is 5.97 Å². The summed E-state index contributed by atoms with van der Waals surface area (Å²) in [5.41, 5.74) is 1.96. The van der Waals surface area contributed by atoms with Crippen molar-refractivity contribution < 1.29 is 23.8 Å². The molecule has 28 heavy (non-hydrogen) atoms. The molecule has 0 fully saturated rings. The molecule has 0 N–H and O–H groups in total. The van der Waals surface area contributed by atoms with Crippen molar-refractivity contribution in [2.75, 3.05) is 14.2 Å². The van der Waals surface area contributed by atoms with Crippen molar-refractivity contribution >= 4 is 23.1 Å². The number of aromatic nitrogens is 1. The van der Waals surface area contributed by atoms with Gasteiger partial charge in [0.05, 0.1) is 19.9 Å². The largest absolute Gasteiger partial charge is 0.493 e. The van der Waals surface area contributed by atoms with Gasteiger partial charge in [-0.3, -0.25) is 4.79 Å². The quantitative estimate of drug-likeness (QED) is 0.345. The number of aryl methyl sites for hydroxylation is 1. The number of carbonyl (C=O) groups is 2. The number of hydrogen-bond donors (Lipinski definition) is 0. The summed E-state index contributed by atoms with van der Waals surface area (Å²) < 4.78 is 16.0. The van der Waals surface area contributed by atoms with Gasteiger partial charge in [-0.15, -0.1) is 11.3 Å². The van der Waals surface area contributed by atoms with Crippen LogP contribution in [0, 0.1) is 6.92 Å². The summed E-state index contributed by atoms with van der Waals surface area (Å²) in [5.74, 6) is 1.04. The van der Waals surface area contributed by atoms with Crippen molar-refractivity contribution in [2.45, 2.75) is 13.8 Å². The summed E-state index contributed by atoms with van der Waals surface area (Å²) >= 11 is 1.24. The van der Waals surface area contributed by atoms with E-state index in [1.54, 1.807) is 51.5 Å². The van der Waals surface area contributed by atoms with Gasteiger partial charge >= 0.3 is 5.97 Å². The molecule has 0 saturated heterocycles. The molecule has 0 aliphatic heterocycles. The fraction of sp³-hybridized carbons (Fsp3) is 0.190.